The van der Waals surface area contributed by atoms with Crippen molar-refractivity contribution >= 4 is 27.8 Å². The van der Waals surface area contributed by atoms with Gasteiger partial charge in [0.15, 0.2) is 10.4 Å². The lowest BCUT2D eigenvalue weighted by Crippen LogP contribution is -2.40. The average molecular weight is 276 g/mol. The number of carboxylic acids is 1. The average Bonchev–Trinajstić information content (AvgIpc) is 2.60. The third-order valence-corrected chi connectivity index (χ3v) is 2.23. The van der Waals surface area contributed by atoms with Crippen LogP contribution < -0.4 is 5.32 Å². The van der Waals surface area contributed by atoms with E-state index < -0.39 is 17.9 Å². The van der Waals surface area contributed by atoms with Gasteiger partial charge in [-0.15, -0.1) is 0 Å². The van der Waals surface area contributed by atoms with E-state index in [4.69, 9.17) is 9.52 Å². The van der Waals surface area contributed by atoms with Crippen LogP contribution in [-0.2, 0) is 4.79 Å². The van der Waals surface area contributed by atoms with Crippen molar-refractivity contribution in [3.05, 3.63) is 22.6 Å². The van der Waals surface area contributed by atoms with Gasteiger partial charge in [-0.2, -0.15) is 0 Å². The maximum absolute atomic E-state index is 11.4. The van der Waals surface area contributed by atoms with Crippen molar-refractivity contribution in [1.82, 2.24) is 5.32 Å². The number of carbonyl (C=O) groups is 2. The largest absolute Gasteiger partial charge is 0.480 e. The Labute approximate surface area is 94.6 Å². The second-order valence-corrected chi connectivity index (χ2v) is 3.66. The van der Waals surface area contributed by atoms with E-state index in [1.54, 1.807) is 13.0 Å². The molecule has 1 aromatic rings. The number of hydrogen-bond acceptors (Lipinski definition) is 3. The van der Waals surface area contributed by atoms with Gasteiger partial charge < -0.3 is 14.8 Å². The highest BCUT2D eigenvalue weighted by atomic mass is 79.9. The van der Waals surface area contributed by atoms with Crippen LogP contribution in [0.2, 0.25) is 0 Å². The first-order chi connectivity index (χ1) is 7.04. The summed E-state index contributed by atoms with van der Waals surface area (Å²) in [6.45, 7) is 1.68. The number of rotatable bonds is 4. The molecule has 6 heteroatoms. The third kappa shape index (κ3) is 3.09. The van der Waals surface area contributed by atoms with Crippen LogP contribution in [0.3, 0.4) is 0 Å². The van der Waals surface area contributed by atoms with Gasteiger partial charge in [0.1, 0.15) is 6.04 Å². The van der Waals surface area contributed by atoms with Crippen LogP contribution in [0.5, 0.6) is 0 Å². The minimum Gasteiger partial charge on any atom is -0.480 e. The number of aliphatic carboxylic acids is 1. The summed E-state index contributed by atoms with van der Waals surface area (Å²) in [5, 5.41) is 11.1. The molecule has 1 rings (SSSR count). The molecule has 1 atom stereocenters. The van der Waals surface area contributed by atoms with Gasteiger partial charge in [-0.25, -0.2) is 4.79 Å². The molecular formula is C9H10BrNO4. The third-order valence-electron chi connectivity index (χ3n) is 1.81. The number of nitrogens with one attached hydrogen (secondary N) is 1. The normalized spacial score (nSPS) is 12.1. The molecule has 0 fully saturated rings. The van der Waals surface area contributed by atoms with Crippen LogP contribution in [-0.4, -0.2) is 23.0 Å². The Morgan fingerprint density at radius 2 is 2.27 bits per heavy atom. The Bertz CT molecular complexity index is 374. The maximum atomic E-state index is 11.4. The Morgan fingerprint density at radius 3 is 2.67 bits per heavy atom. The van der Waals surface area contributed by atoms with E-state index in [1.165, 1.54) is 6.07 Å². The Kier molecular flexibility index (Phi) is 3.90. The molecule has 0 aliphatic carbocycles. The van der Waals surface area contributed by atoms with Crippen LogP contribution in [0, 0.1) is 0 Å². The quantitative estimate of drug-likeness (QED) is 0.876. The Hall–Kier alpha value is -1.30. The van der Waals surface area contributed by atoms with E-state index in [1.807, 2.05) is 0 Å². The Morgan fingerprint density at radius 1 is 1.60 bits per heavy atom. The molecule has 2 N–H and O–H groups in total. The number of amides is 1. The molecule has 0 aromatic carbocycles. The van der Waals surface area contributed by atoms with Crippen LogP contribution in [0.25, 0.3) is 0 Å². The summed E-state index contributed by atoms with van der Waals surface area (Å²) >= 11 is 3.05. The van der Waals surface area contributed by atoms with Gasteiger partial charge >= 0.3 is 5.97 Å². The molecule has 0 bridgehead atoms. The van der Waals surface area contributed by atoms with E-state index >= 15 is 0 Å². The number of halogens is 1. The highest BCUT2D eigenvalue weighted by molar-refractivity contribution is 9.10. The highest BCUT2D eigenvalue weighted by Gasteiger charge is 2.20. The van der Waals surface area contributed by atoms with E-state index in [9.17, 15) is 9.59 Å². The lowest BCUT2D eigenvalue weighted by molar-refractivity contribution is -0.139. The van der Waals surface area contributed by atoms with Crippen molar-refractivity contribution in [3.8, 4) is 0 Å². The van der Waals surface area contributed by atoms with Gasteiger partial charge in [-0.3, -0.25) is 4.79 Å². The predicted octanol–water partition coefficient (Wildman–Crippen LogP) is 1.64. The second kappa shape index (κ2) is 4.97. The van der Waals surface area contributed by atoms with Gasteiger partial charge in [0.2, 0.25) is 0 Å². The monoisotopic (exact) mass is 275 g/mol. The molecule has 82 valence electrons. The molecule has 1 amide bonds. The van der Waals surface area contributed by atoms with E-state index in [2.05, 4.69) is 21.2 Å². The molecule has 0 saturated carbocycles. The van der Waals surface area contributed by atoms with Crippen molar-refractivity contribution in [2.24, 2.45) is 0 Å². The SMILES string of the molecule is CCC(NC(=O)c1ccc(Br)o1)C(=O)O. The van der Waals surface area contributed by atoms with E-state index in [-0.39, 0.29) is 5.76 Å². The highest BCUT2D eigenvalue weighted by Crippen LogP contribution is 2.13. The smallest absolute Gasteiger partial charge is 0.326 e. The molecule has 0 aliphatic rings. The fraction of sp³-hybridized carbons (Fsp3) is 0.333. The number of carbonyl (C=O) groups excluding carboxylic acids is 1. The summed E-state index contributed by atoms with van der Waals surface area (Å²) in [7, 11) is 0. The molecule has 1 heterocycles. The maximum Gasteiger partial charge on any atom is 0.326 e. The van der Waals surface area contributed by atoms with Gasteiger partial charge in [-0.05, 0) is 34.5 Å². The second-order valence-electron chi connectivity index (χ2n) is 2.88. The lowest BCUT2D eigenvalue weighted by Gasteiger charge is -2.10. The zero-order valence-electron chi connectivity index (χ0n) is 7.99. The molecule has 15 heavy (non-hydrogen) atoms. The van der Waals surface area contributed by atoms with E-state index in [0.717, 1.165) is 0 Å². The summed E-state index contributed by atoms with van der Waals surface area (Å²) in [5.41, 5.74) is 0. The van der Waals surface area contributed by atoms with Crippen molar-refractivity contribution in [2.45, 2.75) is 19.4 Å². The molecule has 1 aromatic heterocycles. The number of carboxylic acid groups (broad SMARTS) is 1. The van der Waals surface area contributed by atoms with Crippen molar-refractivity contribution < 1.29 is 19.1 Å². The van der Waals surface area contributed by atoms with Gasteiger partial charge in [0, 0.05) is 0 Å². The topological polar surface area (TPSA) is 79.5 Å². The summed E-state index contributed by atoms with van der Waals surface area (Å²) in [6.07, 6.45) is 0.322. The van der Waals surface area contributed by atoms with Crippen LogP contribution in [0.4, 0.5) is 0 Å². The minimum atomic E-state index is -1.06. The first-order valence-electron chi connectivity index (χ1n) is 4.33. The van der Waals surface area contributed by atoms with E-state index in [0.29, 0.717) is 11.1 Å². The molecule has 0 spiro atoms. The first-order valence-corrected chi connectivity index (χ1v) is 5.13. The standard InChI is InChI=1S/C9H10BrNO4/c1-2-5(9(13)14)11-8(12)6-3-4-7(10)15-6/h3-5H,2H2,1H3,(H,11,12)(H,13,14). The van der Waals surface area contributed by atoms with Crippen LogP contribution >= 0.6 is 15.9 Å². The Balaban J connectivity index is 2.66. The summed E-state index contributed by atoms with van der Waals surface area (Å²) in [6, 6.07) is 2.14. The number of furan rings is 1. The van der Waals surface area contributed by atoms with Gasteiger partial charge in [0.05, 0.1) is 0 Å². The molecule has 0 aliphatic heterocycles. The molecular weight excluding hydrogens is 266 g/mol. The zero-order valence-corrected chi connectivity index (χ0v) is 9.58. The molecule has 0 saturated heterocycles. The predicted molar refractivity (Wildman–Crippen MR) is 55.6 cm³/mol. The van der Waals surface area contributed by atoms with Crippen molar-refractivity contribution in [2.75, 3.05) is 0 Å². The molecule has 1 unspecified atom stereocenters. The summed E-state index contributed by atoms with van der Waals surface area (Å²) < 4.78 is 5.41. The summed E-state index contributed by atoms with van der Waals surface area (Å²) in [4.78, 5) is 22.1. The van der Waals surface area contributed by atoms with Crippen LogP contribution in [0.15, 0.2) is 21.2 Å². The number of hydrogen-bond donors (Lipinski definition) is 2. The van der Waals surface area contributed by atoms with Gasteiger partial charge in [-0.1, -0.05) is 6.92 Å². The molecule has 5 nitrogen and oxygen atoms in total. The molecule has 0 radical (unpaired) electrons. The van der Waals surface area contributed by atoms with Gasteiger partial charge in [0.25, 0.3) is 5.91 Å². The summed E-state index contributed by atoms with van der Waals surface area (Å²) in [5.74, 6) is -1.51. The van der Waals surface area contributed by atoms with Crippen LogP contribution in [0.1, 0.15) is 23.9 Å². The minimum absolute atomic E-state index is 0.0848. The zero-order chi connectivity index (χ0) is 11.4. The lowest BCUT2D eigenvalue weighted by atomic mass is 10.2. The van der Waals surface area contributed by atoms with Crippen molar-refractivity contribution in [3.63, 3.8) is 0 Å². The fourth-order valence-corrected chi connectivity index (χ4v) is 1.31. The fourth-order valence-electron chi connectivity index (χ4n) is 1.00. The first kappa shape index (κ1) is 11.8. The van der Waals surface area contributed by atoms with Crippen molar-refractivity contribution in [1.29, 1.82) is 0 Å².